The minimum atomic E-state index is -0.308. The van der Waals surface area contributed by atoms with E-state index in [0.29, 0.717) is 24.3 Å². The van der Waals surface area contributed by atoms with Crippen molar-refractivity contribution >= 4 is 38.3 Å². The number of thiazole rings is 1. The van der Waals surface area contributed by atoms with E-state index in [4.69, 9.17) is 0 Å². The Balaban J connectivity index is 1.40. The average molecular weight is 355 g/mol. The molecule has 1 aliphatic heterocycles. The van der Waals surface area contributed by atoms with E-state index in [9.17, 15) is 9.18 Å². The number of amides is 1. The number of hydrogen-bond acceptors (Lipinski definition) is 4. The maximum absolute atomic E-state index is 13.6. The molecule has 0 atom stereocenters. The molecule has 1 aromatic heterocycles. The van der Waals surface area contributed by atoms with Gasteiger partial charge >= 0.3 is 0 Å². The third-order valence-electron chi connectivity index (χ3n) is 4.49. The first kappa shape index (κ1) is 16.0. The molecule has 0 saturated carbocycles. The van der Waals surface area contributed by atoms with Crippen molar-refractivity contribution < 1.29 is 9.18 Å². The first-order valence-electron chi connectivity index (χ1n) is 8.19. The van der Waals surface area contributed by atoms with Gasteiger partial charge in [0.05, 0.1) is 16.1 Å². The average Bonchev–Trinajstić information content (AvgIpc) is 2.92. The standard InChI is InChI=1S/C19H18FN3OS/c1-11-3-6-16-17(7-11)25-19(22-16)23-9-13(10-23)18(24)21-14-5-4-12(2)15(20)8-14/h3-8,13H,9-10H2,1-2H3,(H,21,24). The van der Waals surface area contributed by atoms with Gasteiger partial charge in [0.2, 0.25) is 5.91 Å². The van der Waals surface area contributed by atoms with Crippen LogP contribution < -0.4 is 10.2 Å². The highest BCUT2D eigenvalue weighted by Gasteiger charge is 2.34. The summed E-state index contributed by atoms with van der Waals surface area (Å²) in [5.74, 6) is -0.479. The molecule has 3 aromatic rings. The summed E-state index contributed by atoms with van der Waals surface area (Å²) in [6.45, 7) is 5.04. The molecule has 1 amide bonds. The maximum Gasteiger partial charge on any atom is 0.231 e. The van der Waals surface area contributed by atoms with E-state index in [1.807, 2.05) is 6.07 Å². The van der Waals surface area contributed by atoms with Crippen molar-refractivity contribution in [2.24, 2.45) is 5.92 Å². The Kier molecular flexibility index (Phi) is 3.92. The van der Waals surface area contributed by atoms with Crippen molar-refractivity contribution in [3.05, 3.63) is 53.3 Å². The normalized spacial score (nSPS) is 14.6. The molecule has 6 heteroatoms. The van der Waals surface area contributed by atoms with E-state index >= 15 is 0 Å². The van der Waals surface area contributed by atoms with Gasteiger partial charge in [0.25, 0.3) is 0 Å². The predicted octanol–water partition coefficient (Wildman–Crippen LogP) is 4.13. The Bertz CT molecular complexity index is 962. The van der Waals surface area contributed by atoms with Crippen LogP contribution >= 0.6 is 11.3 Å². The Morgan fingerprint density at radius 2 is 2.04 bits per heavy atom. The number of hydrogen-bond donors (Lipinski definition) is 1. The fourth-order valence-corrected chi connectivity index (χ4v) is 3.95. The van der Waals surface area contributed by atoms with Crippen molar-refractivity contribution in [3.63, 3.8) is 0 Å². The van der Waals surface area contributed by atoms with Gasteiger partial charge < -0.3 is 10.2 Å². The number of rotatable bonds is 3. The summed E-state index contributed by atoms with van der Waals surface area (Å²) < 4.78 is 14.7. The molecule has 2 heterocycles. The lowest BCUT2D eigenvalue weighted by Crippen LogP contribution is -2.52. The van der Waals surface area contributed by atoms with Crippen LogP contribution in [0.25, 0.3) is 10.2 Å². The molecular formula is C19H18FN3OS. The summed E-state index contributed by atoms with van der Waals surface area (Å²) in [5.41, 5.74) is 3.28. The fraction of sp³-hybridized carbons (Fsp3) is 0.263. The van der Waals surface area contributed by atoms with E-state index in [0.717, 1.165) is 15.3 Å². The second-order valence-corrected chi connectivity index (χ2v) is 7.53. The number of aromatic nitrogens is 1. The Hall–Kier alpha value is -2.47. The molecule has 0 unspecified atom stereocenters. The predicted molar refractivity (Wildman–Crippen MR) is 99.8 cm³/mol. The molecule has 1 saturated heterocycles. The number of benzene rings is 2. The van der Waals surface area contributed by atoms with Crippen LogP contribution in [0.2, 0.25) is 0 Å². The number of anilines is 2. The highest BCUT2D eigenvalue weighted by molar-refractivity contribution is 7.22. The number of nitrogens with zero attached hydrogens (tertiary/aromatic N) is 2. The van der Waals surface area contributed by atoms with Gasteiger partial charge in [-0.2, -0.15) is 0 Å². The smallest absolute Gasteiger partial charge is 0.231 e. The summed E-state index contributed by atoms with van der Waals surface area (Å²) in [6, 6.07) is 11.0. The molecule has 0 radical (unpaired) electrons. The van der Waals surface area contributed by atoms with Crippen molar-refractivity contribution in [1.82, 2.24) is 4.98 Å². The molecule has 0 bridgehead atoms. The van der Waals surface area contributed by atoms with Crippen LogP contribution in [0, 0.1) is 25.6 Å². The second-order valence-electron chi connectivity index (χ2n) is 6.52. The highest BCUT2D eigenvalue weighted by atomic mass is 32.1. The fourth-order valence-electron chi connectivity index (χ4n) is 2.87. The van der Waals surface area contributed by atoms with Gasteiger partial charge in [-0.05, 0) is 49.2 Å². The lowest BCUT2D eigenvalue weighted by Gasteiger charge is -2.37. The molecule has 1 aliphatic rings. The molecule has 4 nitrogen and oxygen atoms in total. The molecule has 2 aromatic carbocycles. The van der Waals surface area contributed by atoms with Gasteiger partial charge in [-0.1, -0.05) is 23.5 Å². The van der Waals surface area contributed by atoms with Crippen LogP contribution in [0.1, 0.15) is 11.1 Å². The quantitative estimate of drug-likeness (QED) is 0.768. The highest BCUT2D eigenvalue weighted by Crippen LogP contribution is 2.33. The van der Waals surface area contributed by atoms with Crippen molar-refractivity contribution in [3.8, 4) is 0 Å². The van der Waals surface area contributed by atoms with E-state index < -0.39 is 0 Å². The topological polar surface area (TPSA) is 45.2 Å². The third-order valence-corrected chi connectivity index (χ3v) is 5.57. The van der Waals surface area contributed by atoms with Crippen LogP contribution in [0.5, 0.6) is 0 Å². The number of halogens is 1. The Morgan fingerprint density at radius 3 is 2.80 bits per heavy atom. The van der Waals surface area contributed by atoms with E-state index in [1.165, 1.54) is 11.6 Å². The van der Waals surface area contributed by atoms with Crippen LogP contribution in [0.15, 0.2) is 36.4 Å². The zero-order valence-corrected chi connectivity index (χ0v) is 14.9. The van der Waals surface area contributed by atoms with E-state index in [1.54, 1.807) is 30.4 Å². The third kappa shape index (κ3) is 3.09. The van der Waals surface area contributed by atoms with Gasteiger partial charge in [-0.15, -0.1) is 0 Å². The molecule has 25 heavy (non-hydrogen) atoms. The van der Waals surface area contributed by atoms with E-state index in [-0.39, 0.29) is 17.6 Å². The summed E-state index contributed by atoms with van der Waals surface area (Å²) in [5, 5.41) is 3.75. The van der Waals surface area contributed by atoms with Gasteiger partial charge in [0, 0.05) is 18.8 Å². The van der Waals surface area contributed by atoms with Crippen LogP contribution in [0.4, 0.5) is 15.2 Å². The van der Waals surface area contributed by atoms with Crippen molar-refractivity contribution in [2.75, 3.05) is 23.3 Å². The largest absolute Gasteiger partial charge is 0.346 e. The maximum atomic E-state index is 13.6. The van der Waals surface area contributed by atoms with Crippen molar-refractivity contribution in [2.45, 2.75) is 13.8 Å². The number of aryl methyl sites for hydroxylation is 2. The monoisotopic (exact) mass is 355 g/mol. The summed E-state index contributed by atoms with van der Waals surface area (Å²) >= 11 is 1.65. The van der Waals surface area contributed by atoms with Crippen molar-refractivity contribution in [1.29, 1.82) is 0 Å². The minimum absolute atomic E-state index is 0.0727. The zero-order chi connectivity index (χ0) is 17.6. The van der Waals surface area contributed by atoms with Gasteiger partial charge in [-0.25, -0.2) is 9.37 Å². The summed E-state index contributed by atoms with van der Waals surface area (Å²) in [7, 11) is 0. The van der Waals surface area contributed by atoms with E-state index in [2.05, 4.69) is 34.3 Å². The molecule has 128 valence electrons. The Morgan fingerprint density at radius 1 is 1.24 bits per heavy atom. The number of carbonyl (C=O) groups is 1. The molecule has 0 spiro atoms. The molecule has 1 N–H and O–H groups in total. The molecule has 0 aliphatic carbocycles. The van der Waals surface area contributed by atoms with Crippen LogP contribution in [0.3, 0.4) is 0 Å². The number of nitrogens with one attached hydrogen (secondary N) is 1. The molecule has 1 fully saturated rings. The lowest BCUT2D eigenvalue weighted by molar-refractivity contribution is -0.120. The number of fused-ring (bicyclic) bond motifs is 1. The van der Waals surface area contributed by atoms with Gasteiger partial charge in [0.15, 0.2) is 5.13 Å². The molecular weight excluding hydrogens is 337 g/mol. The lowest BCUT2D eigenvalue weighted by atomic mass is 10.00. The van der Waals surface area contributed by atoms with Crippen LogP contribution in [-0.2, 0) is 4.79 Å². The first-order valence-corrected chi connectivity index (χ1v) is 9.00. The van der Waals surface area contributed by atoms with Crippen LogP contribution in [-0.4, -0.2) is 24.0 Å². The Labute approximate surface area is 149 Å². The minimum Gasteiger partial charge on any atom is -0.346 e. The zero-order valence-electron chi connectivity index (χ0n) is 14.0. The summed E-state index contributed by atoms with van der Waals surface area (Å²) in [6.07, 6.45) is 0. The first-order chi connectivity index (χ1) is 12.0. The van der Waals surface area contributed by atoms with Gasteiger partial charge in [-0.3, -0.25) is 4.79 Å². The number of carbonyl (C=O) groups excluding carboxylic acids is 1. The van der Waals surface area contributed by atoms with Gasteiger partial charge in [0.1, 0.15) is 5.82 Å². The molecule has 4 rings (SSSR count). The SMILES string of the molecule is Cc1ccc2nc(N3CC(C(=O)Nc4ccc(C)c(F)c4)C3)sc2c1. The second kappa shape index (κ2) is 6.11. The summed E-state index contributed by atoms with van der Waals surface area (Å²) in [4.78, 5) is 19.1.